The highest BCUT2D eigenvalue weighted by molar-refractivity contribution is 6.06. The van der Waals surface area contributed by atoms with E-state index in [0.29, 0.717) is 34.2 Å². The Bertz CT molecular complexity index is 1080. The van der Waals surface area contributed by atoms with Crippen molar-refractivity contribution >= 4 is 17.5 Å². The first kappa shape index (κ1) is 17.7. The number of nitrogens with zero attached hydrogens (tertiary/aromatic N) is 3. The van der Waals surface area contributed by atoms with Gasteiger partial charge in [-0.15, -0.1) is 0 Å². The molecular formula is C20H18FN5O2. The summed E-state index contributed by atoms with van der Waals surface area (Å²) in [5.74, 6) is 0.298. The monoisotopic (exact) mass is 379 g/mol. The van der Waals surface area contributed by atoms with Gasteiger partial charge in [0.1, 0.15) is 23.9 Å². The number of hydrogen-bond acceptors (Lipinski definition) is 5. The van der Waals surface area contributed by atoms with Gasteiger partial charge in [0.15, 0.2) is 0 Å². The summed E-state index contributed by atoms with van der Waals surface area (Å²) in [6.45, 7) is 1.78. The van der Waals surface area contributed by atoms with Crippen molar-refractivity contribution in [3.05, 3.63) is 77.5 Å². The lowest BCUT2D eigenvalue weighted by atomic mass is 9.95. The number of allylic oxidation sites excluding steroid dienone is 1. The molecule has 0 aliphatic carbocycles. The second kappa shape index (κ2) is 7.15. The quantitative estimate of drug-likeness (QED) is 0.727. The number of fused-ring (bicyclic) bond motifs is 1. The molecule has 28 heavy (non-hydrogen) atoms. The van der Waals surface area contributed by atoms with Gasteiger partial charge in [-0.2, -0.15) is 10.1 Å². The van der Waals surface area contributed by atoms with Crippen molar-refractivity contribution in [2.24, 2.45) is 0 Å². The van der Waals surface area contributed by atoms with Crippen LogP contribution in [0.2, 0.25) is 0 Å². The molecule has 0 saturated carbocycles. The number of rotatable bonds is 4. The standard InChI is InChI=1S/C20H18FN5O2/c1-12-17(19(27)25-15-8-3-4-9-16(15)28-2)18(13-6-5-7-14(21)10-13)26-20(24-12)22-11-23-26/h3-11,18H,1-2H3,(H,25,27)(H,22,23,24). The maximum atomic E-state index is 13.9. The van der Waals surface area contributed by atoms with E-state index in [4.69, 9.17) is 4.74 Å². The third-order valence-electron chi connectivity index (χ3n) is 4.56. The van der Waals surface area contributed by atoms with Gasteiger partial charge in [-0.3, -0.25) is 4.79 Å². The van der Waals surface area contributed by atoms with Crippen LogP contribution in [0.4, 0.5) is 16.0 Å². The maximum Gasteiger partial charge on any atom is 0.255 e. The molecule has 2 aromatic carbocycles. The maximum absolute atomic E-state index is 13.9. The summed E-state index contributed by atoms with van der Waals surface area (Å²) in [6.07, 6.45) is 1.39. The number of halogens is 1. The van der Waals surface area contributed by atoms with Crippen LogP contribution in [0.3, 0.4) is 0 Å². The number of para-hydroxylation sites is 2. The minimum Gasteiger partial charge on any atom is -0.495 e. The largest absolute Gasteiger partial charge is 0.495 e. The van der Waals surface area contributed by atoms with Crippen molar-refractivity contribution in [1.82, 2.24) is 14.8 Å². The Morgan fingerprint density at radius 2 is 2.07 bits per heavy atom. The summed E-state index contributed by atoms with van der Waals surface area (Å²) in [6, 6.07) is 12.6. The Balaban J connectivity index is 1.77. The van der Waals surface area contributed by atoms with Crippen LogP contribution in [-0.4, -0.2) is 27.8 Å². The number of nitrogens with one attached hydrogen (secondary N) is 2. The molecule has 1 aromatic heterocycles. The van der Waals surface area contributed by atoms with Crippen LogP contribution in [0.5, 0.6) is 5.75 Å². The van der Waals surface area contributed by atoms with Gasteiger partial charge in [0.25, 0.3) is 5.91 Å². The van der Waals surface area contributed by atoms with Crippen LogP contribution in [0, 0.1) is 5.82 Å². The van der Waals surface area contributed by atoms with Gasteiger partial charge < -0.3 is 15.4 Å². The number of ether oxygens (including phenoxy) is 1. The highest BCUT2D eigenvalue weighted by Crippen LogP contribution is 2.36. The number of carbonyl (C=O) groups is 1. The molecule has 1 atom stereocenters. The molecule has 1 aliphatic heterocycles. The first-order valence-electron chi connectivity index (χ1n) is 8.65. The molecule has 4 rings (SSSR count). The summed E-state index contributed by atoms with van der Waals surface area (Å²) in [7, 11) is 1.54. The SMILES string of the molecule is COc1ccccc1NC(=O)C1=C(C)Nc2ncnn2C1c1cccc(F)c1. The normalized spacial score (nSPS) is 15.6. The zero-order chi connectivity index (χ0) is 19.7. The smallest absolute Gasteiger partial charge is 0.255 e. The summed E-state index contributed by atoms with van der Waals surface area (Å²) >= 11 is 0. The number of hydrogen-bond donors (Lipinski definition) is 2. The Labute approximate surface area is 160 Å². The lowest BCUT2D eigenvalue weighted by Gasteiger charge is -2.28. The molecular weight excluding hydrogens is 361 g/mol. The summed E-state index contributed by atoms with van der Waals surface area (Å²) in [4.78, 5) is 17.4. The molecule has 0 spiro atoms. The summed E-state index contributed by atoms with van der Waals surface area (Å²) in [5, 5.41) is 10.2. The average molecular weight is 379 g/mol. The molecule has 142 valence electrons. The van der Waals surface area contributed by atoms with Gasteiger partial charge in [-0.1, -0.05) is 24.3 Å². The van der Waals surface area contributed by atoms with Crippen LogP contribution < -0.4 is 15.4 Å². The predicted molar refractivity (Wildman–Crippen MR) is 103 cm³/mol. The summed E-state index contributed by atoms with van der Waals surface area (Å²) in [5.41, 5.74) is 2.16. The highest BCUT2D eigenvalue weighted by atomic mass is 19.1. The van der Waals surface area contributed by atoms with E-state index in [1.807, 2.05) is 6.07 Å². The van der Waals surface area contributed by atoms with E-state index in [1.54, 1.807) is 41.9 Å². The molecule has 0 saturated heterocycles. The van der Waals surface area contributed by atoms with Crippen LogP contribution in [0.1, 0.15) is 18.5 Å². The van der Waals surface area contributed by atoms with E-state index in [2.05, 4.69) is 20.7 Å². The molecule has 0 fully saturated rings. The lowest BCUT2D eigenvalue weighted by Crippen LogP contribution is -2.31. The topological polar surface area (TPSA) is 81.1 Å². The van der Waals surface area contributed by atoms with Crippen molar-refractivity contribution in [3.8, 4) is 5.75 Å². The first-order valence-corrected chi connectivity index (χ1v) is 8.65. The Morgan fingerprint density at radius 1 is 1.25 bits per heavy atom. The molecule has 2 heterocycles. The summed E-state index contributed by atoms with van der Waals surface area (Å²) < 4.78 is 20.8. The molecule has 1 unspecified atom stereocenters. The third-order valence-corrected chi connectivity index (χ3v) is 4.56. The van der Waals surface area contributed by atoms with E-state index >= 15 is 0 Å². The third kappa shape index (κ3) is 3.09. The number of carbonyl (C=O) groups excluding carboxylic acids is 1. The molecule has 0 bridgehead atoms. The fourth-order valence-corrected chi connectivity index (χ4v) is 3.31. The van der Waals surface area contributed by atoms with Crippen LogP contribution in [0.25, 0.3) is 0 Å². The molecule has 3 aromatic rings. The molecule has 2 N–H and O–H groups in total. The highest BCUT2D eigenvalue weighted by Gasteiger charge is 2.33. The zero-order valence-corrected chi connectivity index (χ0v) is 15.3. The lowest BCUT2D eigenvalue weighted by molar-refractivity contribution is -0.113. The van der Waals surface area contributed by atoms with Gasteiger partial charge in [0, 0.05) is 5.70 Å². The Hall–Kier alpha value is -3.68. The van der Waals surface area contributed by atoms with Crippen molar-refractivity contribution < 1.29 is 13.9 Å². The minimum absolute atomic E-state index is 0.343. The Kier molecular flexibility index (Phi) is 4.52. The molecule has 1 aliphatic rings. The van der Waals surface area contributed by atoms with Crippen LogP contribution >= 0.6 is 0 Å². The van der Waals surface area contributed by atoms with E-state index in [1.165, 1.54) is 25.6 Å². The first-order chi connectivity index (χ1) is 13.6. The van der Waals surface area contributed by atoms with E-state index < -0.39 is 6.04 Å². The number of amides is 1. The number of anilines is 2. The molecule has 7 nitrogen and oxygen atoms in total. The van der Waals surface area contributed by atoms with E-state index in [0.717, 1.165) is 0 Å². The molecule has 1 amide bonds. The van der Waals surface area contributed by atoms with Crippen LogP contribution in [-0.2, 0) is 4.79 Å². The predicted octanol–water partition coefficient (Wildman–Crippen LogP) is 3.35. The van der Waals surface area contributed by atoms with E-state index in [9.17, 15) is 9.18 Å². The molecule has 8 heteroatoms. The van der Waals surface area contributed by atoms with Gasteiger partial charge in [-0.25, -0.2) is 9.07 Å². The second-order valence-electron chi connectivity index (χ2n) is 6.30. The van der Waals surface area contributed by atoms with Crippen molar-refractivity contribution in [1.29, 1.82) is 0 Å². The van der Waals surface area contributed by atoms with Gasteiger partial charge in [0.05, 0.1) is 18.4 Å². The average Bonchev–Trinajstić information content (AvgIpc) is 3.15. The number of methoxy groups -OCH3 is 1. The second-order valence-corrected chi connectivity index (χ2v) is 6.30. The number of aromatic nitrogens is 3. The van der Waals surface area contributed by atoms with Crippen molar-refractivity contribution in [2.75, 3.05) is 17.7 Å². The minimum atomic E-state index is -0.621. The van der Waals surface area contributed by atoms with Crippen molar-refractivity contribution in [2.45, 2.75) is 13.0 Å². The van der Waals surface area contributed by atoms with Gasteiger partial charge in [-0.05, 0) is 36.8 Å². The number of benzene rings is 2. The van der Waals surface area contributed by atoms with Gasteiger partial charge >= 0.3 is 0 Å². The van der Waals surface area contributed by atoms with E-state index in [-0.39, 0.29) is 11.7 Å². The Morgan fingerprint density at radius 3 is 2.86 bits per heavy atom. The van der Waals surface area contributed by atoms with Gasteiger partial charge in [0.2, 0.25) is 5.95 Å². The fourth-order valence-electron chi connectivity index (χ4n) is 3.31. The zero-order valence-electron chi connectivity index (χ0n) is 15.3. The molecule has 0 radical (unpaired) electrons. The van der Waals surface area contributed by atoms with Crippen LogP contribution in [0.15, 0.2) is 66.1 Å². The fraction of sp³-hybridized carbons (Fsp3) is 0.150. The van der Waals surface area contributed by atoms with Crippen molar-refractivity contribution in [3.63, 3.8) is 0 Å².